The molecule has 1 fully saturated rings. The topological polar surface area (TPSA) is 38.5 Å². The summed E-state index contributed by atoms with van der Waals surface area (Å²) in [6, 6.07) is 16.5. The monoisotopic (exact) mass is 528 g/mol. The van der Waals surface area contributed by atoms with Gasteiger partial charge in [-0.3, -0.25) is 0 Å². The standard InChI is InChI=1S/C26H26BrClN2OS/c27-20-5-8-24-23(16-20)22(25-18(17-31-24)9-15-32-25)2-1-12-30-13-10-26(29,11-14-30)19-3-6-21(28)7-4-19/h2-9,15-16H,1,10-14,17,29H2. The third-order valence-corrected chi connectivity index (χ3v) is 8.30. The fraction of sp³-hybridized carbons (Fsp3) is 0.308. The SMILES string of the molecule is NC1(c2ccc(Cl)cc2)CCN(CCC=C2c3cc(Br)ccc3OCc3ccsc32)CC1. The van der Waals surface area contributed by atoms with Gasteiger partial charge in [0.2, 0.25) is 0 Å². The second kappa shape index (κ2) is 9.32. The van der Waals surface area contributed by atoms with Gasteiger partial charge in [0.15, 0.2) is 0 Å². The van der Waals surface area contributed by atoms with Crippen LogP contribution in [0.5, 0.6) is 5.75 Å². The number of hydrogen-bond acceptors (Lipinski definition) is 4. The number of benzene rings is 2. The molecule has 2 aromatic carbocycles. The zero-order valence-corrected chi connectivity index (χ0v) is 21.0. The van der Waals surface area contributed by atoms with Crippen molar-refractivity contribution in [1.29, 1.82) is 0 Å². The summed E-state index contributed by atoms with van der Waals surface area (Å²) < 4.78 is 7.17. The minimum Gasteiger partial charge on any atom is -0.488 e. The van der Waals surface area contributed by atoms with Crippen LogP contribution >= 0.6 is 38.9 Å². The van der Waals surface area contributed by atoms with E-state index in [2.05, 4.69) is 62.6 Å². The third-order valence-electron chi connectivity index (χ3n) is 6.57. The van der Waals surface area contributed by atoms with Gasteiger partial charge in [-0.2, -0.15) is 0 Å². The molecular formula is C26H26BrClN2OS. The summed E-state index contributed by atoms with van der Waals surface area (Å²) >= 11 is 11.5. The van der Waals surface area contributed by atoms with Crippen LogP contribution < -0.4 is 10.5 Å². The van der Waals surface area contributed by atoms with Gasteiger partial charge in [-0.05, 0) is 72.2 Å². The molecule has 0 unspecified atom stereocenters. The van der Waals surface area contributed by atoms with Gasteiger partial charge >= 0.3 is 0 Å². The second-order valence-electron chi connectivity index (χ2n) is 8.62. The molecule has 1 aromatic heterocycles. The molecule has 0 spiro atoms. The highest BCUT2D eigenvalue weighted by Crippen LogP contribution is 2.41. The smallest absolute Gasteiger partial charge is 0.127 e. The molecule has 3 nitrogen and oxygen atoms in total. The number of halogens is 2. The molecule has 2 aliphatic rings. The van der Waals surface area contributed by atoms with E-state index in [1.54, 1.807) is 11.3 Å². The highest BCUT2D eigenvalue weighted by Gasteiger charge is 2.32. The maximum Gasteiger partial charge on any atom is 0.127 e. The first-order valence-corrected chi connectivity index (χ1v) is 13.0. The van der Waals surface area contributed by atoms with E-state index in [0.29, 0.717) is 6.61 Å². The maximum absolute atomic E-state index is 6.77. The summed E-state index contributed by atoms with van der Waals surface area (Å²) in [6.07, 6.45) is 5.31. The van der Waals surface area contributed by atoms with Crippen LogP contribution in [-0.4, -0.2) is 24.5 Å². The molecule has 1 saturated heterocycles. The van der Waals surface area contributed by atoms with Gasteiger partial charge in [-0.1, -0.05) is 45.7 Å². The van der Waals surface area contributed by atoms with Gasteiger partial charge in [-0.15, -0.1) is 11.3 Å². The Hall–Kier alpha value is -1.63. The lowest BCUT2D eigenvalue weighted by Gasteiger charge is -2.39. The number of hydrogen-bond donors (Lipinski definition) is 1. The van der Waals surface area contributed by atoms with Crippen LogP contribution in [0.2, 0.25) is 5.02 Å². The van der Waals surface area contributed by atoms with Crippen LogP contribution in [0.3, 0.4) is 0 Å². The number of thiophene rings is 1. The average molecular weight is 530 g/mol. The molecule has 6 heteroatoms. The van der Waals surface area contributed by atoms with Crippen molar-refractivity contribution in [3.8, 4) is 5.75 Å². The Labute approximate surface area is 207 Å². The Balaban J connectivity index is 1.28. The van der Waals surface area contributed by atoms with E-state index in [0.717, 1.165) is 54.1 Å². The predicted octanol–water partition coefficient (Wildman–Crippen LogP) is 6.83. The number of fused-ring (bicyclic) bond motifs is 2. The lowest BCUT2D eigenvalue weighted by Crippen LogP contribution is -2.48. The van der Waals surface area contributed by atoms with Crippen LogP contribution in [-0.2, 0) is 12.1 Å². The van der Waals surface area contributed by atoms with Crippen molar-refractivity contribution in [3.63, 3.8) is 0 Å². The third kappa shape index (κ3) is 4.55. The molecule has 0 atom stereocenters. The lowest BCUT2D eigenvalue weighted by atomic mass is 9.82. The van der Waals surface area contributed by atoms with Crippen molar-refractivity contribution in [2.75, 3.05) is 19.6 Å². The van der Waals surface area contributed by atoms with E-state index in [1.165, 1.54) is 27.1 Å². The van der Waals surface area contributed by atoms with Crippen LogP contribution in [0.1, 0.15) is 40.8 Å². The molecule has 32 heavy (non-hydrogen) atoms. The first-order valence-electron chi connectivity index (χ1n) is 11.0. The zero-order chi connectivity index (χ0) is 22.1. The fourth-order valence-electron chi connectivity index (χ4n) is 4.64. The molecule has 2 aliphatic heterocycles. The summed E-state index contributed by atoms with van der Waals surface area (Å²) in [5.74, 6) is 0.955. The van der Waals surface area contributed by atoms with E-state index in [4.69, 9.17) is 22.1 Å². The zero-order valence-electron chi connectivity index (χ0n) is 17.8. The van der Waals surface area contributed by atoms with Gasteiger partial charge in [0.1, 0.15) is 12.4 Å². The van der Waals surface area contributed by atoms with Crippen molar-refractivity contribution in [2.45, 2.75) is 31.4 Å². The van der Waals surface area contributed by atoms with Crippen molar-refractivity contribution in [2.24, 2.45) is 5.73 Å². The van der Waals surface area contributed by atoms with Crippen molar-refractivity contribution >= 4 is 44.4 Å². The minimum atomic E-state index is -0.255. The number of piperidine rings is 1. The highest BCUT2D eigenvalue weighted by atomic mass is 79.9. The molecule has 2 N–H and O–H groups in total. The summed E-state index contributed by atoms with van der Waals surface area (Å²) in [5, 5.41) is 2.92. The number of likely N-dealkylation sites (tertiary alicyclic amines) is 1. The quantitative estimate of drug-likeness (QED) is 0.403. The van der Waals surface area contributed by atoms with Gasteiger partial charge in [0.25, 0.3) is 0 Å². The maximum atomic E-state index is 6.77. The molecule has 3 heterocycles. The second-order valence-corrected chi connectivity index (χ2v) is 10.9. The molecule has 5 rings (SSSR count). The van der Waals surface area contributed by atoms with E-state index in [1.807, 2.05) is 18.2 Å². The molecule has 166 valence electrons. The summed E-state index contributed by atoms with van der Waals surface area (Å²) in [7, 11) is 0. The first kappa shape index (κ1) is 22.2. The van der Waals surface area contributed by atoms with Crippen LogP contribution in [0.4, 0.5) is 0 Å². The van der Waals surface area contributed by atoms with E-state index >= 15 is 0 Å². The van der Waals surface area contributed by atoms with Gasteiger partial charge in [0.05, 0.1) is 0 Å². The number of rotatable bonds is 4. The summed E-state index contributed by atoms with van der Waals surface area (Å²) in [5.41, 5.74) is 11.4. The molecule has 0 bridgehead atoms. The van der Waals surface area contributed by atoms with E-state index < -0.39 is 0 Å². The van der Waals surface area contributed by atoms with Crippen molar-refractivity contribution in [3.05, 3.63) is 91.0 Å². The van der Waals surface area contributed by atoms with Crippen molar-refractivity contribution in [1.82, 2.24) is 4.90 Å². The average Bonchev–Trinajstić information content (AvgIpc) is 3.21. The lowest BCUT2D eigenvalue weighted by molar-refractivity contribution is 0.164. The Bertz CT molecular complexity index is 1130. The minimum absolute atomic E-state index is 0.255. The van der Waals surface area contributed by atoms with Gasteiger partial charge < -0.3 is 15.4 Å². The Morgan fingerprint density at radius 1 is 1.12 bits per heavy atom. The molecule has 3 aromatic rings. The highest BCUT2D eigenvalue weighted by molar-refractivity contribution is 9.10. The molecule has 0 aliphatic carbocycles. The summed E-state index contributed by atoms with van der Waals surface area (Å²) in [4.78, 5) is 3.85. The molecule has 0 saturated carbocycles. The van der Waals surface area contributed by atoms with Crippen LogP contribution in [0.25, 0.3) is 5.57 Å². The summed E-state index contributed by atoms with van der Waals surface area (Å²) in [6.45, 7) is 3.68. The fourth-order valence-corrected chi connectivity index (χ4v) is 6.10. The van der Waals surface area contributed by atoms with E-state index in [9.17, 15) is 0 Å². The largest absolute Gasteiger partial charge is 0.488 e. The Morgan fingerprint density at radius 2 is 1.91 bits per heavy atom. The van der Waals surface area contributed by atoms with E-state index in [-0.39, 0.29) is 5.54 Å². The van der Waals surface area contributed by atoms with Crippen molar-refractivity contribution < 1.29 is 4.74 Å². The normalized spacial score (nSPS) is 19.2. The van der Waals surface area contributed by atoms with Crippen LogP contribution in [0, 0.1) is 0 Å². The predicted molar refractivity (Wildman–Crippen MR) is 137 cm³/mol. The molecular weight excluding hydrogens is 504 g/mol. The first-order chi connectivity index (χ1) is 15.5. The molecule has 0 amide bonds. The van der Waals surface area contributed by atoms with Crippen LogP contribution in [0.15, 0.2) is 64.5 Å². The van der Waals surface area contributed by atoms with Gasteiger partial charge in [-0.25, -0.2) is 0 Å². The number of nitrogens with zero attached hydrogens (tertiary/aromatic N) is 1. The Morgan fingerprint density at radius 3 is 2.69 bits per heavy atom. The molecule has 0 radical (unpaired) electrons. The number of nitrogens with two attached hydrogens (primary N) is 1. The van der Waals surface area contributed by atoms with Gasteiger partial charge in [0, 0.05) is 50.7 Å². The Kier molecular flexibility index (Phi) is 6.46. The number of ether oxygens (including phenoxy) is 1.